The molecule has 1 amide bonds. The molecule has 0 aliphatic rings. The molecule has 0 atom stereocenters. The SMILES string of the molecule is Cc1ccnc(NC(=O)Cn2cnc(C(C)C)cc2=O)c1. The number of amides is 1. The molecule has 0 bridgehead atoms. The molecule has 2 rings (SSSR count). The number of carbonyl (C=O) groups is 1. The molecule has 6 heteroatoms. The lowest BCUT2D eigenvalue weighted by Crippen LogP contribution is -2.28. The Morgan fingerprint density at radius 1 is 1.33 bits per heavy atom. The van der Waals surface area contributed by atoms with Crippen LogP contribution >= 0.6 is 0 Å². The third kappa shape index (κ3) is 3.98. The molecule has 110 valence electrons. The van der Waals surface area contributed by atoms with Crippen LogP contribution in [0.1, 0.15) is 31.0 Å². The maximum Gasteiger partial charge on any atom is 0.254 e. The Labute approximate surface area is 122 Å². The lowest BCUT2D eigenvalue weighted by Gasteiger charge is -2.08. The van der Waals surface area contributed by atoms with Crippen LogP contribution in [0.3, 0.4) is 0 Å². The van der Waals surface area contributed by atoms with Crippen molar-refractivity contribution in [2.75, 3.05) is 5.32 Å². The quantitative estimate of drug-likeness (QED) is 0.928. The van der Waals surface area contributed by atoms with Crippen molar-refractivity contribution in [3.8, 4) is 0 Å². The van der Waals surface area contributed by atoms with Crippen LogP contribution in [0.15, 0.2) is 35.5 Å². The lowest BCUT2D eigenvalue weighted by atomic mass is 10.1. The average Bonchev–Trinajstić information content (AvgIpc) is 2.40. The summed E-state index contributed by atoms with van der Waals surface area (Å²) in [4.78, 5) is 32.1. The molecule has 0 unspecified atom stereocenters. The first-order valence-electron chi connectivity index (χ1n) is 6.74. The van der Waals surface area contributed by atoms with Crippen molar-refractivity contribution in [2.24, 2.45) is 0 Å². The molecule has 0 radical (unpaired) electrons. The van der Waals surface area contributed by atoms with E-state index in [2.05, 4.69) is 15.3 Å². The maximum absolute atomic E-state index is 11.9. The standard InChI is InChI=1S/C15H18N4O2/c1-10(2)12-7-15(21)19(9-17-12)8-14(20)18-13-6-11(3)4-5-16-13/h4-7,9-10H,8H2,1-3H3,(H,16,18,20). The van der Waals surface area contributed by atoms with Crippen LogP contribution in [0, 0.1) is 6.92 Å². The van der Waals surface area contributed by atoms with Gasteiger partial charge in [-0.1, -0.05) is 13.8 Å². The summed E-state index contributed by atoms with van der Waals surface area (Å²) in [6.07, 6.45) is 3.02. The fraction of sp³-hybridized carbons (Fsp3) is 0.333. The Balaban J connectivity index is 2.08. The Hall–Kier alpha value is -2.50. The van der Waals surface area contributed by atoms with E-state index < -0.39 is 0 Å². The number of anilines is 1. The molecule has 1 N–H and O–H groups in total. The first kappa shape index (κ1) is 14.9. The van der Waals surface area contributed by atoms with E-state index in [1.54, 1.807) is 12.3 Å². The van der Waals surface area contributed by atoms with Gasteiger partial charge in [-0.15, -0.1) is 0 Å². The highest BCUT2D eigenvalue weighted by atomic mass is 16.2. The van der Waals surface area contributed by atoms with Crippen molar-refractivity contribution in [1.82, 2.24) is 14.5 Å². The minimum absolute atomic E-state index is 0.0835. The molecule has 0 spiro atoms. The van der Waals surface area contributed by atoms with Crippen molar-refractivity contribution >= 4 is 11.7 Å². The van der Waals surface area contributed by atoms with Crippen LogP contribution in [0.25, 0.3) is 0 Å². The van der Waals surface area contributed by atoms with Crippen molar-refractivity contribution in [3.05, 3.63) is 52.3 Å². The monoisotopic (exact) mass is 286 g/mol. The van der Waals surface area contributed by atoms with Gasteiger partial charge in [0, 0.05) is 12.3 Å². The van der Waals surface area contributed by atoms with Gasteiger partial charge >= 0.3 is 0 Å². The molecule has 6 nitrogen and oxygen atoms in total. The molecule has 0 aliphatic heterocycles. The summed E-state index contributed by atoms with van der Waals surface area (Å²) < 4.78 is 1.27. The molecule has 0 fully saturated rings. The Morgan fingerprint density at radius 3 is 2.71 bits per heavy atom. The van der Waals surface area contributed by atoms with Gasteiger partial charge in [-0.3, -0.25) is 14.2 Å². The topological polar surface area (TPSA) is 76.9 Å². The molecular weight excluding hydrogens is 268 g/mol. The first-order valence-corrected chi connectivity index (χ1v) is 6.74. The van der Waals surface area contributed by atoms with Crippen LogP contribution in [-0.4, -0.2) is 20.4 Å². The van der Waals surface area contributed by atoms with Crippen molar-refractivity contribution < 1.29 is 4.79 Å². The van der Waals surface area contributed by atoms with Crippen LogP contribution in [-0.2, 0) is 11.3 Å². The normalized spacial score (nSPS) is 10.7. The molecule has 0 saturated heterocycles. The molecule has 2 aromatic rings. The molecule has 21 heavy (non-hydrogen) atoms. The summed E-state index contributed by atoms with van der Waals surface area (Å²) in [6, 6.07) is 5.07. The Bertz CT molecular complexity index is 707. The van der Waals surface area contributed by atoms with Gasteiger partial charge in [-0.05, 0) is 30.5 Å². The molecule has 0 aliphatic carbocycles. The van der Waals surface area contributed by atoms with E-state index in [0.717, 1.165) is 11.3 Å². The minimum Gasteiger partial charge on any atom is -0.309 e. The van der Waals surface area contributed by atoms with E-state index in [4.69, 9.17) is 0 Å². The smallest absolute Gasteiger partial charge is 0.254 e. The van der Waals surface area contributed by atoms with E-state index in [-0.39, 0.29) is 23.9 Å². The van der Waals surface area contributed by atoms with Crippen LogP contribution in [0.2, 0.25) is 0 Å². The number of rotatable bonds is 4. The maximum atomic E-state index is 11.9. The largest absolute Gasteiger partial charge is 0.309 e. The summed E-state index contributed by atoms with van der Waals surface area (Å²) >= 11 is 0. The summed E-state index contributed by atoms with van der Waals surface area (Å²) in [5, 5.41) is 2.66. The summed E-state index contributed by atoms with van der Waals surface area (Å²) in [5.41, 5.74) is 1.48. The number of aromatic nitrogens is 3. The van der Waals surface area contributed by atoms with E-state index in [1.807, 2.05) is 26.8 Å². The van der Waals surface area contributed by atoms with Gasteiger partial charge in [0.25, 0.3) is 5.56 Å². The fourth-order valence-corrected chi connectivity index (χ4v) is 1.82. The summed E-state index contributed by atoms with van der Waals surface area (Å²) in [6.45, 7) is 5.75. The second-order valence-electron chi connectivity index (χ2n) is 5.20. The highest BCUT2D eigenvalue weighted by Gasteiger charge is 2.08. The van der Waals surface area contributed by atoms with E-state index in [1.165, 1.54) is 17.0 Å². The van der Waals surface area contributed by atoms with Gasteiger partial charge < -0.3 is 5.32 Å². The molecule has 2 aromatic heterocycles. The van der Waals surface area contributed by atoms with Gasteiger partial charge in [0.1, 0.15) is 12.4 Å². The van der Waals surface area contributed by atoms with Crippen molar-refractivity contribution in [3.63, 3.8) is 0 Å². The Kier molecular flexibility index (Phi) is 4.47. The second-order valence-corrected chi connectivity index (χ2v) is 5.20. The fourth-order valence-electron chi connectivity index (χ4n) is 1.82. The van der Waals surface area contributed by atoms with Gasteiger partial charge in [0.05, 0.1) is 12.0 Å². The zero-order valence-corrected chi connectivity index (χ0v) is 12.3. The number of nitrogens with zero attached hydrogens (tertiary/aromatic N) is 3. The second kappa shape index (κ2) is 6.30. The van der Waals surface area contributed by atoms with Crippen molar-refractivity contribution in [1.29, 1.82) is 0 Å². The minimum atomic E-state index is -0.311. The van der Waals surface area contributed by atoms with E-state index in [9.17, 15) is 9.59 Å². The molecular formula is C15H18N4O2. The number of nitrogens with one attached hydrogen (secondary N) is 1. The zero-order chi connectivity index (χ0) is 15.4. The number of hydrogen-bond donors (Lipinski definition) is 1. The third-order valence-corrected chi connectivity index (χ3v) is 2.99. The number of hydrogen-bond acceptors (Lipinski definition) is 4. The van der Waals surface area contributed by atoms with Gasteiger partial charge in [0.15, 0.2) is 0 Å². The van der Waals surface area contributed by atoms with E-state index in [0.29, 0.717) is 5.82 Å². The number of carbonyl (C=O) groups excluding carboxylic acids is 1. The van der Waals surface area contributed by atoms with Crippen LogP contribution in [0.5, 0.6) is 0 Å². The number of pyridine rings is 1. The van der Waals surface area contributed by atoms with Gasteiger partial charge in [-0.2, -0.15) is 0 Å². The molecule has 0 aromatic carbocycles. The summed E-state index contributed by atoms with van der Waals surface area (Å²) in [5.74, 6) is 0.340. The summed E-state index contributed by atoms with van der Waals surface area (Å²) in [7, 11) is 0. The Morgan fingerprint density at radius 2 is 2.10 bits per heavy atom. The molecule has 2 heterocycles. The highest BCUT2D eigenvalue weighted by molar-refractivity contribution is 5.89. The first-order chi connectivity index (χ1) is 9.95. The predicted octanol–water partition coefficient (Wildman–Crippen LogP) is 1.71. The van der Waals surface area contributed by atoms with Crippen LogP contribution in [0.4, 0.5) is 5.82 Å². The lowest BCUT2D eigenvalue weighted by molar-refractivity contribution is -0.116. The van der Waals surface area contributed by atoms with E-state index >= 15 is 0 Å². The zero-order valence-electron chi connectivity index (χ0n) is 12.3. The molecule has 0 saturated carbocycles. The van der Waals surface area contributed by atoms with Gasteiger partial charge in [0.2, 0.25) is 5.91 Å². The van der Waals surface area contributed by atoms with Gasteiger partial charge in [-0.25, -0.2) is 9.97 Å². The number of aryl methyl sites for hydroxylation is 1. The third-order valence-electron chi connectivity index (χ3n) is 2.99. The average molecular weight is 286 g/mol. The highest BCUT2D eigenvalue weighted by Crippen LogP contribution is 2.07. The predicted molar refractivity (Wildman–Crippen MR) is 80.2 cm³/mol. The van der Waals surface area contributed by atoms with Crippen LogP contribution < -0.4 is 10.9 Å². The van der Waals surface area contributed by atoms with Crippen molar-refractivity contribution in [2.45, 2.75) is 33.2 Å².